The van der Waals surface area contributed by atoms with Crippen LogP contribution in [-0.4, -0.2) is 32.0 Å². The molecule has 0 aliphatic heterocycles. The third-order valence-corrected chi connectivity index (χ3v) is 3.51. The van der Waals surface area contributed by atoms with E-state index in [0.717, 1.165) is 12.1 Å². The number of hydrogen-bond donors (Lipinski definition) is 3. The number of rotatable bonds is 8. The minimum Gasteiger partial charge on any atom is -0.495 e. The van der Waals surface area contributed by atoms with E-state index >= 15 is 0 Å². The topological polar surface area (TPSA) is 79.5 Å². The number of carbonyl (C=O) groups excluding carboxylic acids is 2. The Kier molecular flexibility index (Phi) is 6.83. The maximum absolute atomic E-state index is 12.1. The number of anilines is 2. The number of benzene rings is 2. The van der Waals surface area contributed by atoms with Crippen LogP contribution in [0.4, 0.5) is 11.4 Å². The number of ether oxygens (including phenoxy) is 1. The molecule has 25 heavy (non-hydrogen) atoms. The van der Waals surface area contributed by atoms with Crippen molar-refractivity contribution in [2.24, 2.45) is 0 Å². The fourth-order valence-corrected chi connectivity index (χ4v) is 2.22. The van der Waals surface area contributed by atoms with Crippen molar-refractivity contribution in [2.75, 3.05) is 30.8 Å². The average molecular weight is 341 g/mol. The van der Waals surface area contributed by atoms with Gasteiger partial charge in [-0.3, -0.25) is 9.59 Å². The summed E-state index contributed by atoms with van der Waals surface area (Å²) in [5.74, 6) is 0.379. The largest absolute Gasteiger partial charge is 0.495 e. The Bertz CT molecular complexity index is 714. The second-order valence-corrected chi connectivity index (χ2v) is 5.44. The molecule has 0 unspecified atom stereocenters. The van der Waals surface area contributed by atoms with Crippen molar-refractivity contribution in [1.29, 1.82) is 0 Å². The second-order valence-electron chi connectivity index (χ2n) is 5.44. The van der Waals surface area contributed by atoms with E-state index < -0.39 is 0 Å². The normalized spacial score (nSPS) is 10.0. The summed E-state index contributed by atoms with van der Waals surface area (Å²) in [5, 5.41) is 8.63. The van der Waals surface area contributed by atoms with E-state index in [2.05, 4.69) is 16.0 Å². The average Bonchev–Trinajstić information content (AvgIpc) is 2.65. The third-order valence-electron chi connectivity index (χ3n) is 3.51. The number of para-hydroxylation sites is 2. The molecule has 2 aromatic carbocycles. The van der Waals surface area contributed by atoms with Crippen LogP contribution in [0.25, 0.3) is 0 Å². The molecule has 0 bridgehead atoms. The molecule has 0 radical (unpaired) electrons. The zero-order chi connectivity index (χ0) is 18.1. The predicted octanol–water partition coefficient (Wildman–Crippen LogP) is 2.89. The van der Waals surface area contributed by atoms with Gasteiger partial charge in [-0.25, -0.2) is 0 Å². The first kappa shape index (κ1) is 18.3. The van der Waals surface area contributed by atoms with Crippen LogP contribution in [0.5, 0.6) is 5.75 Å². The lowest BCUT2D eigenvalue weighted by molar-refractivity contribution is -0.114. The van der Waals surface area contributed by atoms with Gasteiger partial charge in [-0.15, -0.1) is 0 Å². The van der Waals surface area contributed by atoms with E-state index in [0.29, 0.717) is 23.5 Å². The highest BCUT2D eigenvalue weighted by Crippen LogP contribution is 2.22. The van der Waals surface area contributed by atoms with Crippen molar-refractivity contribution in [3.63, 3.8) is 0 Å². The molecule has 3 N–H and O–H groups in total. The fourth-order valence-electron chi connectivity index (χ4n) is 2.22. The molecule has 2 amide bonds. The Morgan fingerprint density at radius 1 is 1.04 bits per heavy atom. The van der Waals surface area contributed by atoms with Gasteiger partial charge in [-0.2, -0.15) is 0 Å². The van der Waals surface area contributed by atoms with Crippen molar-refractivity contribution >= 4 is 23.2 Å². The molecular weight excluding hydrogens is 318 g/mol. The number of amides is 2. The van der Waals surface area contributed by atoms with Gasteiger partial charge in [-0.1, -0.05) is 19.1 Å². The maximum atomic E-state index is 12.1. The summed E-state index contributed by atoms with van der Waals surface area (Å²) in [7, 11) is 1.58. The molecular formula is C19H23N3O3. The summed E-state index contributed by atoms with van der Waals surface area (Å²) >= 11 is 0. The van der Waals surface area contributed by atoms with Crippen molar-refractivity contribution in [3.05, 3.63) is 54.1 Å². The monoisotopic (exact) mass is 341 g/mol. The van der Waals surface area contributed by atoms with Gasteiger partial charge in [-0.05, 0) is 42.8 Å². The highest BCUT2D eigenvalue weighted by Gasteiger charge is 2.07. The van der Waals surface area contributed by atoms with Gasteiger partial charge in [0.05, 0.1) is 19.3 Å². The maximum Gasteiger partial charge on any atom is 0.251 e. The second kappa shape index (κ2) is 9.32. The molecule has 0 atom stereocenters. The van der Waals surface area contributed by atoms with Crippen molar-refractivity contribution in [3.8, 4) is 5.75 Å². The van der Waals surface area contributed by atoms with Gasteiger partial charge in [0.2, 0.25) is 5.91 Å². The summed E-state index contributed by atoms with van der Waals surface area (Å²) in [6, 6.07) is 14.2. The SMILES string of the molecule is CCCNC(=O)c1ccc(NC(=O)CNc2ccccc2OC)cc1. The van der Waals surface area contributed by atoms with Gasteiger partial charge in [0.1, 0.15) is 5.75 Å². The van der Waals surface area contributed by atoms with Gasteiger partial charge in [0, 0.05) is 17.8 Å². The number of nitrogens with one attached hydrogen (secondary N) is 3. The standard InChI is InChI=1S/C19H23N3O3/c1-3-12-20-19(24)14-8-10-15(11-9-14)22-18(23)13-21-16-6-4-5-7-17(16)25-2/h4-11,21H,3,12-13H2,1-2H3,(H,20,24)(H,22,23). The van der Waals surface area contributed by atoms with Crippen LogP contribution in [0.2, 0.25) is 0 Å². The molecule has 0 spiro atoms. The minimum atomic E-state index is -0.186. The van der Waals surface area contributed by atoms with E-state index in [1.807, 2.05) is 31.2 Å². The van der Waals surface area contributed by atoms with E-state index in [4.69, 9.17) is 4.74 Å². The zero-order valence-corrected chi connectivity index (χ0v) is 14.5. The lowest BCUT2D eigenvalue weighted by Crippen LogP contribution is -2.24. The Hall–Kier alpha value is -3.02. The van der Waals surface area contributed by atoms with Crippen LogP contribution < -0.4 is 20.7 Å². The summed E-state index contributed by atoms with van der Waals surface area (Å²) in [5.41, 5.74) is 1.96. The molecule has 0 fully saturated rings. The van der Waals surface area contributed by atoms with Gasteiger partial charge in [0.15, 0.2) is 0 Å². The van der Waals surface area contributed by atoms with Crippen molar-refractivity contribution in [2.45, 2.75) is 13.3 Å². The number of methoxy groups -OCH3 is 1. The molecule has 2 rings (SSSR count). The van der Waals surface area contributed by atoms with Crippen LogP contribution in [0, 0.1) is 0 Å². The minimum absolute atomic E-state index is 0.110. The van der Waals surface area contributed by atoms with Crippen molar-refractivity contribution < 1.29 is 14.3 Å². The van der Waals surface area contributed by atoms with E-state index in [9.17, 15) is 9.59 Å². The Labute approximate surface area is 147 Å². The van der Waals surface area contributed by atoms with Crippen LogP contribution in [0.15, 0.2) is 48.5 Å². The fraction of sp³-hybridized carbons (Fsp3) is 0.263. The summed E-state index contributed by atoms with van der Waals surface area (Å²) in [6.45, 7) is 2.75. The molecule has 0 aromatic heterocycles. The lowest BCUT2D eigenvalue weighted by atomic mass is 10.2. The smallest absolute Gasteiger partial charge is 0.251 e. The van der Waals surface area contributed by atoms with E-state index in [1.54, 1.807) is 31.4 Å². The van der Waals surface area contributed by atoms with E-state index in [-0.39, 0.29) is 18.4 Å². The van der Waals surface area contributed by atoms with Crippen LogP contribution >= 0.6 is 0 Å². The van der Waals surface area contributed by atoms with Crippen molar-refractivity contribution in [1.82, 2.24) is 5.32 Å². The first-order valence-corrected chi connectivity index (χ1v) is 8.19. The first-order chi connectivity index (χ1) is 12.1. The molecule has 0 saturated carbocycles. The molecule has 6 nitrogen and oxygen atoms in total. The lowest BCUT2D eigenvalue weighted by Gasteiger charge is -2.11. The van der Waals surface area contributed by atoms with E-state index in [1.165, 1.54) is 0 Å². The van der Waals surface area contributed by atoms with Gasteiger partial charge < -0.3 is 20.7 Å². The Balaban J connectivity index is 1.87. The summed E-state index contributed by atoms with van der Waals surface area (Å²) in [4.78, 5) is 23.9. The highest BCUT2D eigenvalue weighted by atomic mass is 16.5. The molecule has 0 aliphatic carbocycles. The molecule has 0 aliphatic rings. The van der Waals surface area contributed by atoms with Gasteiger partial charge >= 0.3 is 0 Å². The molecule has 0 saturated heterocycles. The van der Waals surface area contributed by atoms with Crippen LogP contribution in [0.3, 0.4) is 0 Å². The molecule has 132 valence electrons. The first-order valence-electron chi connectivity index (χ1n) is 8.19. The Morgan fingerprint density at radius 3 is 2.44 bits per heavy atom. The highest BCUT2D eigenvalue weighted by molar-refractivity contribution is 5.96. The quantitative estimate of drug-likeness (QED) is 0.690. The summed E-state index contributed by atoms with van der Waals surface area (Å²) in [6.07, 6.45) is 0.888. The Morgan fingerprint density at radius 2 is 1.76 bits per heavy atom. The molecule has 2 aromatic rings. The zero-order valence-electron chi connectivity index (χ0n) is 14.5. The molecule has 0 heterocycles. The number of hydrogen-bond acceptors (Lipinski definition) is 4. The van der Waals surface area contributed by atoms with Crippen LogP contribution in [0.1, 0.15) is 23.7 Å². The third kappa shape index (κ3) is 5.53. The van der Waals surface area contributed by atoms with Crippen LogP contribution in [-0.2, 0) is 4.79 Å². The predicted molar refractivity (Wildman–Crippen MR) is 99.2 cm³/mol. The summed E-state index contributed by atoms with van der Waals surface area (Å²) < 4.78 is 5.23. The molecule has 6 heteroatoms. The number of carbonyl (C=O) groups is 2. The van der Waals surface area contributed by atoms with Gasteiger partial charge in [0.25, 0.3) is 5.91 Å².